The lowest BCUT2D eigenvalue weighted by molar-refractivity contribution is -0.132. The molecule has 2 aromatic carbocycles. The number of aliphatic hydroxyl groups excluding tert-OH is 1. The van der Waals surface area contributed by atoms with Gasteiger partial charge in [-0.2, -0.15) is 0 Å². The summed E-state index contributed by atoms with van der Waals surface area (Å²) in [5, 5.41) is 15.1. The maximum Gasteiger partial charge on any atom is 0.301 e. The highest BCUT2D eigenvalue weighted by Crippen LogP contribution is 2.45. The average Bonchev–Trinajstić information content (AvgIpc) is 3.33. The number of ketones is 1. The molecular weight excluding hydrogens is 412 g/mol. The van der Waals surface area contributed by atoms with E-state index in [0.29, 0.717) is 28.4 Å². The van der Waals surface area contributed by atoms with Gasteiger partial charge in [0.1, 0.15) is 29.1 Å². The fourth-order valence-corrected chi connectivity index (χ4v) is 3.74. The van der Waals surface area contributed by atoms with Crippen LogP contribution < -0.4 is 14.4 Å². The van der Waals surface area contributed by atoms with Crippen molar-refractivity contribution >= 4 is 23.3 Å². The highest BCUT2D eigenvalue weighted by atomic mass is 16.5. The van der Waals surface area contributed by atoms with Gasteiger partial charge in [0, 0.05) is 23.3 Å². The highest BCUT2D eigenvalue weighted by Gasteiger charge is 2.49. The normalized spacial score (nSPS) is 17.6. The van der Waals surface area contributed by atoms with Crippen molar-refractivity contribution in [3.63, 3.8) is 0 Å². The van der Waals surface area contributed by atoms with Gasteiger partial charge >= 0.3 is 5.91 Å². The highest BCUT2D eigenvalue weighted by molar-refractivity contribution is 6.51. The van der Waals surface area contributed by atoms with E-state index in [0.717, 1.165) is 5.56 Å². The first kappa shape index (κ1) is 21.2. The fourth-order valence-electron chi connectivity index (χ4n) is 3.74. The molecule has 8 heteroatoms. The third kappa shape index (κ3) is 3.49. The van der Waals surface area contributed by atoms with Crippen molar-refractivity contribution in [3.8, 4) is 11.5 Å². The van der Waals surface area contributed by atoms with Gasteiger partial charge in [0.15, 0.2) is 5.82 Å². The predicted octanol–water partition coefficient (Wildman–Crippen LogP) is 3.93. The summed E-state index contributed by atoms with van der Waals surface area (Å²) in [5.41, 5.74) is 1.83. The molecule has 4 rings (SSSR count). The molecule has 1 saturated heterocycles. The second-order valence-electron chi connectivity index (χ2n) is 7.44. The molecule has 0 bridgehead atoms. The van der Waals surface area contributed by atoms with Crippen molar-refractivity contribution in [2.75, 3.05) is 19.1 Å². The van der Waals surface area contributed by atoms with E-state index in [4.69, 9.17) is 14.0 Å². The number of aryl methyl sites for hydroxylation is 2. The molecule has 1 atom stereocenters. The van der Waals surface area contributed by atoms with Gasteiger partial charge in [-0.3, -0.25) is 14.5 Å². The summed E-state index contributed by atoms with van der Waals surface area (Å²) in [6.07, 6.45) is 0. The lowest BCUT2D eigenvalue weighted by Crippen LogP contribution is -2.30. The van der Waals surface area contributed by atoms with Crippen LogP contribution in [0.5, 0.6) is 11.5 Å². The SMILES string of the molecule is COc1ccc([C@@H]2/C(=C(\O)c3ccc(C)cc3)C(=O)C(=O)N2c2cc(C)on2)c(OC)c1. The van der Waals surface area contributed by atoms with Gasteiger partial charge in [-0.25, -0.2) is 0 Å². The first-order valence-electron chi connectivity index (χ1n) is 9.89. The van der Waals surface area contributed by atoms with E-state index in [-0.39, 0.29) is 17.2 Å². The maximum absolute atomic E-state index is 13.2. The number of rotatable bonds is 5. The van der Waals surface area contributed by atoms with Gasteiger partial charge in [0.05, 0.1) is 19.8 Å². The van der Waals surface area contributed by atoms with E-state index >= 15 is 0 Å². The molecule has 0 saturated carbocycles. The van der Waals surface area contributed by atoms with Crippen LogP contribution in [-0.2, 0) is 9.59 Å². The summed E-state index contributed by atoms with van der Waals surface area (Å²) in [4.78, 5) is 27.5. The van der Waals surface area contributed by atoms with E-state index in [2.05, 4.69) is 5.16 Å². The number of amides is 1. The van der Waals surface area contributed by atoms with Crippen LogP contribution >= 0.6 is 0 Å². The molecule has 32 heavy (non-hydrogen) atoms. The molecule has 1 aromatic heterocycles. The van der Waals surface area contributed by atoms with E-state index in [9.17, 15) is 14.7 Å². The number of Topliss-reactive ketones (excluding diaryl/α,β-unsaturated/α-hetero) is 1. The second kappa shape index (κ2) is 8.22. The molecule has 8 nitrogen and oxygen atoms in total. The molecule has 1 amide bonds. The number of benzene rings is 2. The Morgan fingerprint density at radius 2 is 1.75 bits per heavy atom. The number of hydrogen-bond acceptors (Lipinski definition) is 7. The number of methoxy groups -OCH3 is 2. The topological polar surface area (TPSA) is 102 Å². The molecule has 1 fully saturated rings. The molecular formula is C24H22N2O6. The summed E-state index contributed by atoms with van der Waals surface area (Å²) < 4.78 is 15.9. The zero-order valence-electron chi connectivity index (χ0n) is 18.1. The Balaban J connectivity index is 1.98. The molecule has 0 unspecified atom stereocenters. The van der Waals surface area contributed by atoms with Crippen molar-refractivity contribution in [3.05, 3.63) is 76.6 Å². The summed E-state index contributed by atoms with van der Waals surface area (Å²) in [7, 11) is 3.00. The fraction of sp³-hybridized carbons (Fsp3) is 0.208. The molecule has 1 aliphatic heterocycles. The Morgan fingerprint density at radius 3 is 2.34 bits per heavy atom. The largest absolute Gasteiger partial charge is 0.507 e. The summed E-state index contributed by atoms with van der Waals surface area (Å²) in [6.45, 7) is 3.60. The zero-order valence-corrected chi connectivity index (χ0v) is 18.1. The molecule has 0 spiro atoms. The predicted molar refractivity (Wildman–Crippen MR) is 117 cm³/mol. The van der Waals surface area contributed by atoms with Crippen molar-refractivity contribution < 1.29 is 28.7 Å². The zero-order chi connectivity index (χ0) is 23.0. The summed E-state index contributed by atoms with van der Waals surface area (Å²) >= 11 is 0. The average molecular weight is 434 g/mol. The number of anilines is 1. The maximum atomic E-state index is 13.2. The van der Waals surface area contributed by atoms with Crippen LogP contribution in [0.4, 0.5) is 5.82 Å². The monoisotopic (exact) mass is 434 g/mol. The van der Waals surface area contributed by atoms with Gasteiger partial charge < -0.3 is 19.1 Å². The van der Waals surface area contributed by atoms with Crippen LogP contribution in [0.3, 0.4) is 0 Å². The first-order valence-corrected chi connectivity index (χ1v) is 9.89. The van der Waals surface area contributed by atoms with Crippen LogP contribution in [0.1, 0.15) is 28.5 Å². The summed E-state index contributed by atoms with van der Waals surface area (Å²) in [6, 6.07) is 12.6. The number of nitrogens with zero attached hydrogens (tertiary/aromatic N) is 2. The molecule has 1 aliphatic rings. The molecule has 1 N–H and O–H groups in total. The molecule has 0 radical (unpaired) electrons. The third-order valence-corrected chi connectivity index (χ3v) is 5.37. The van der Waals surface area contributed by atoms with E-state index in [1.54, 1.807) is 43.3 Å². The first-order chi connectivity index (χ1) is 15.3. The Morgan fingerprint density at radius 1 is 1.03 bits per heavy atom. The van der Waals surface area contributed by atoms with Crippen molar-refractivity contribution in [1.82, 2.24) is 5.16 Å². The lowest BCUT2D eigenvalue weighted by Gasteiger charge is -2.24. The van der Waals surface area contributed by atoms with Crippen molar-refractivity contribution in [2.45, 2.75) is 19.9 Å². The quantitative estimate of drug-likeness (QED) is 0.369. The van der Waals surface area contributed by atoms with Crippen molar-refractivity contribution in [2.24, 2.45) is 0 Å². The lowest BCUT2D eigenvalue weighted by atomic mass is 9.94. The Labute approximate surface area is 184 Å². The number of ether oxygens (including phenoxy) is 2. The van der Waals surface area contributed by atoms with Crippen LogP contribution in [0, 0.1) is 13.8 Å². The number of carbonyl (C=O) groups excluding carboxylic acids is 2. The summed E-state index contributed by atoms with van der Waals surface area (Å²) in [5.74, 6) is -0.374. The smallest absolute Gasteiger partial charge is 0.301 e. The number of carbonyl (C=O) groups is 2. The molecule has 164 valence electrons. The minimum Gasteiger partial charge on any atom is -0.507 e. The standard InChI is InChI=1S/C24H22N2O6/c1-13-5-7-15(8-6-13)22(27)20-21(17-10-9-16(30-3)12-18(17)31-4)26(24(29)23(20)28)19-11-14(2)32-25-19/h5-12,21,27H,1-4H3/b22-20+/t21-/m1/s1. The molecule has 0 aliphatic carbocycles. The van der Waals surface area contributed by atoms with Gasteiger partial charge in [-0.15, -0.1) is 0 Å². The van der Waals surface area contributed by atoms with Gasteiger partial charge in [0.2, 0.25) is 0 Å². The van der Waals surface area contributed by atoms with Gasteiger partial charge in [0.25, 0.3) is 5.78 Å². The number of aromatic nitrogens is 1. The van der Waals surface area contributed by atoms with Crippen molar-refractivity contribution in [1.29, 1.82) is 0 Å². The Kier molecular flexibility index (Phi) is 5.44. The van der Waals surface area contributed by atoms with E-state index in [1.165, 1.54) is 19.1 Å². The van der Waals surface area contributed by atoms with Crippen LogP contribution in [-0.4, -0.2) is 36.2 Å². The Hall–Kier alpha value is -4.07. The van der Waals surface area contributed by atoms with Crippen LogP contribution in [0.2, 0.25) is 0 Å². The van der Waals surface area contributed by atoms with Gasteiger partial charge in [-0.05, 0) is 26.0 Å². The molecule has 2 heterocycles. The van der Waals surface area contributed by atoms with Crippen LogP contribution in [0.25, 0.3) is 5.76 Å². The van der Waals surface area contributed by atoms with Crippen LogP contribution in [0.15, 0.2) is 58.6 Å². The number of hydrogen-bond donors (Lipinski definition) is 1. The van der Waals surface area contributed by atoms with Gasteiger partial charge in [-0.1, -0.05) is 35.0 Å². The van der Waals surface area contributed by atoms with E-state index < -0.39 is 17.7 Å². The minimum atomic E-state index is -0.985. The Bertz CT molecular complexity index is 1230. The number of aliphatic hydroxyl groups is 1. The molecule has 3 aromatic rings. The third-order valence-electron chi connectivity index (χ3n) is 5.37. The minimum absolute atomic E-state index is 0.0667. The van der Waals surface area contributed by atoms with E-state index in [1.807, 2.05) is 19.1 Å². The second-order valence-corrected chi connectivity index (χ2v) is 7.44.